The third kappa shape index (κ3) is 3.55. The van der Waals surface area contributed by atoms with E-state index in [0.717, 1.165) is 24.3 Å². The fraction of sp³-hybridized carbons (Fsp3) is 0.391. The molecule has 0 saturated heterocycles. The summed E-state index contributed by atoms with van der Waals surface area (Å²) in [6.45, 7) is 3.54. The summed E-state index contributed by atoms with van der Waals surface area (Å²) >= 11 is 6.01. The quantitative estimate of drug-likeness (QED) is 0.390. The van der Waals surface area contributed by atoms with E-state index in [1.165, 1.54) is 20.0 Å². The first-order valence-corrected chi connectivity index (χ1v) is 10.7. The molecular weight excluding hydrogens is 478 g/mol. The van der Waals surface area contributed by atoms with Crippen LogP contribution in [0.4, 0.5) is 23.2 Å². The number of phenols is 1. The smallest absolute Gasteiger partial charge is 0.420 e. The molecule has 0 aliphatic heterocycles. The number of halogens is 5. The van der Waals surface area contributed by atoms with Crippen LogP contribution in [-0.4, -0.2) is 43.6 Å². The topological polar surface area (TPSA) is 98.5 Å². The fourth-order valence-corrected chi connectivity index (χ4v) is 4.99. The van der Waals surface area contributed by atoms with E-state index in [2.05, 4.69) is 15.3 Å². The number of aromatic hydroxyl groups is 1. The minimum absolute atomic E-state index is 0.0127. The van der Waals surface area contributed by atoms with E-state index in [4.69, 9.17) is 11.6 Å². The van der Waals surface area contributed by atoms with Gasteiger partial charge in [0, 0.05) is 28.9 Å². The van der Waals surface area contributed by atoms with E-state index in [-0.39, 0.29) is 27.4 Å². The molecule has 2 atom stereocenters. The number of hydrogen-bond donors (Lipinski definition) is 4. The second-order valence-electron chi connectivity index (χ2n) is 9.25. The Morgan fingerprint density at radius 1 is 1.18 bits per heavy atom. The summed E-state index contributed by atoms with van der Waals surface area (Å²) < 4.78 is 57.2. The Morgan fingerprint density at radius 3 is 2.50 bits per heavy atom. The number of rotatable bonds is 3. The maximum atomic E-state index is 14.3. The van der Waals surface area contributed by atoms with Crippen LogP contribution >= 0.6 is 11.6 Å². The third-order valence-corrected chi connectivity index (χ3v) is 6.73. The highest BCUT2D eigenvalue weighted by Gasteiger charge is 2.71. The number of nitrogens with zero attached hydrogens (tertiary/aromatic N) is 2. The van der Waals surface area contributed by atoms with Gasteiger partial charge in [-0.3, -0.25) is 0 Å². The number of alkyl halides is 3. The Labute approximate surface area is 197 Å². The molecule has 1 aliphatic rings. The van der Waals surface area contributed by atoms with Crippen LogP contribution in [-0.2, 0) is 11.0 Å². The Hall–Kier alpha value is -2.69. The van der Waals surface area contributed by atoms with Crippen LogP contribution in [0.15, 0.2) is 30.5 Å². The Morgan fingerprint density at radius 2 is 1.85 bits per heavy atom. The van der Waals surface area contributed by atoms with Crippen molar-refractivity contribution in [3.63, 3.8) is 0 Å². The van der Waals surface area contributed by atoms with E-state index in [1.807, 2.05) is 0 Å². The molecule has 11 heteroatoms. The molecule has 34 heavy (non-hydrogen) atoms. The molecule has 3 aromatic rings. The van der Waals surface area contributed by atoms with Crippen LogP contribution in [0.2, 0.25) is 5.02 Å². The number of benzene rings is 2. The lowest BCUT2D eigenvalue weighted by Crippen LogP contribution is -2.68. The number of anilines is 1. The van der Waals surface area contributed by atoms with Gasteiger partial charge in [-0.25, -0.2) is 14.4 Å². The molecule has 0 radical (unpaired) electrons. The summed E-state index contributed by atoms with van der Waals surface area (Å²) in [4.78, 5) is 8.16. The number of nitrogens with one attached hydrogen (secondary N) is 1. The second kappa shape index (κ2) is 7.66. The van der Waals surface area contributed by atoms with Gasteiger partial charge in [0.1, 0.15) is 23.0 Å². The SMILES string of the molecule is Cc1ncc2c(NCC3(O)c4ccc(Cl)c(O)c4C(C)(C)CC3(O)C(F)(F)F)cc(F)cc2n1. The van der Waals surface area contributed by atoms with Crippen molar-refractivity contribution in [3.05, 3.63) is 58.3 Å². The summed E-state index contributed by atoms with van der Waals surface area (Å²) in [5, 5.41) is 36.0. The predicted octanol–water partition coefficient (Wildman–Crippen LogP) is 4.71. The minimum Gasteiger partial charge on any atom is -0.506 e. The number of phenolic OH excluding ortho intramolecular Hbond substituents is 1. The number of hydrogen-bond acceptors (Lipinski definition) is 6. The van der Waals surface area contributed by atoms with Crippen molar-refractivity contribution >= 4 is 28.2 Å². The predicted molar refractivity (Wildman–Crippen MR) is 118 cm³/mol. The van der Waals surface area contributed by atoms with Crippen molar-refractivity contribution in [2.45, 2.75) is 50.0 Å². The highest BCUT2D eigenvalue weighted by molar-refractivity contribution is 6.32. The van der Waals surface area contributed by atoms with Crippen molar-refractivity contribution in [1.29, 1.82) is 0 Å². The highest BCUT2D eigenvalue weighted by Crippen LogP contribution is 2.58. The van der Waals surface area contributed by atoms with Gasteiger partial charge in [-0.15, -0.1) is 0 Å². The van der Waals surface area contributed by atoms with E-state index in [1.54, 1.807) is 6.92 Å². The van der Waals surface area contributed by atoms with Gasteiger partial charge in [0.2, 0.25) is 0 Å². The molecule has 0 spiro atoms. The van der Waals surface area contributed by atoms with Gasteiger partial charge in [0.15, 0.2) is 5.60 Å². The zero-order chi connectivity index (χ0) is 25.3. The van der Waals surface area contributed by atoms with Gasteiger partial charge in [0.25, 0.3) is 0 Å². The third-order valence-electron chi connectivity index (χ3n) is 6.42. The normalized spacial score (nSPS) is 24.2. The van der Waals surface area contributed by atoms with Gasteiger partial charge in [-0.1, -0.05) is 31.5 Å². The van der Waals surface area contributed by atoms with Gasteiger partial charge < -0.3 is 20.6 Å². The standard InChI is InChI=1S/C23H22ClF4N3O3/c1-11-29-8-13-16(6-12(25)7-17(13)31-11)30-10-21(33)14-4-5-15(24)19(32)18(14)20(2,3)9-22(21,34)23(26,27)28/h4-8,30,32-34H,9-10H2,1-3H3. The Bertz CT molecular complexity index is 1300. The van der Waals surface area contributed by atoms with Crippen molar-refractivity contribution in [2.75, 3.05) is 11.9 Å². The van der Waals surface area contributed by atoms with Crippen LogP contribution < -0.4 is 5.32 Å². The molecule has 1 aliphatic carbocycles. The van der Waals surface area contributed by atoms with Crippen LogP contribution in [0, 0.1) is 12.7 Å². The first kappa shape index (κ1) is 24.4. The first-order valence-electron chi connectivity index (χ1n) is 10.3. The molecule has 182 valence electrons. The number of aliphatic hydroxyl groups is 2. The van der Waals surface area contributed by atoms with Crippen molar-refractivity contribution in [1.82, 2.24) is 9.97 Å². The lowest BCUT2D eigenvalue weighted by molar-refractivity contribution is -0.330. The molecule has 0 fully saturated rings. The monoisotopic (exact) mass is 499 g/mol. The zero-order valence-corrected chi connectivity index (χ0v) is 19.2. The lowest BCUT2D eigenvalue weighted by atomic mass is 9.58. The number of fused-ring (bicyclic) bond motifs is 2. The van der Waals surface area contributed by atoms with Gasteiger partial charge in [0.05, 0.1) is 17.1 Å². The van der Waals surface area contributed by atoms with Gasteiger partial charge in [-0.2, -0.15) is 13.2 Å². The second-order valence-corrected chi connectivity index (χ2v) is 9.66. The van der Waals surface area contributed by atoms with Crippen molar-refractivity contribution < 1.29 is 32.9 Å². The summed E-state index contributed by atoms with van der Waals surface area (Å²) in [6.07, 6.45) is -4.84. The molecule has 4 rings (SSSR count). The fourth-order valence-electron chi connectivity index (χ4n) is 4.83. The molecule has 4 N–H and O–H groups in total. The largest absolute Gasteiger partial charge is 0.506 e. The molecule has 1 heterocycles. The summed E-state index contributed by atoms with van der Waals surface area (Å²) in [5.41, 5.74) is -8.10. The van der Waals surface area contributed by atoms with E-state index in [0.29, 0.717) is 11.2 Å². The van der Waals surface area contributed by atoms with E-state index < -0.39 is 47.3 Å². The summed E-state index contributed by atoms with van der Waals surface area (Å²) in [7, 11) is 0. The molecule has 1 aromatic heterocycles. The molecule has 0 amide bonds. The molecule has 0 saturated carbocycles. The summed E-state index contributed by atoms with van der Waals surface area (Å²) in [6, 6.07) is 4.47. The van der Waals surface area contributed by atoms with Crippen LogP contribution in [0.3, 0.4) is 0 Å². The average Bonchev–Trinajstić information content (AvgIpc) is 2.70. The van der Waals surface area contributed by atoms with Crippen molar-refractivity contribution in [2.24, 2.45) is 0 Å². The minimum atomic E-state index is -5.25. The lowest BCUT2D eigenvalue weighted by Gasteiger charge is -2.53. The van der Waals surface area contributed by atoms with Gasteiger partial charge in [-0.05, 0) is 36.5 Å². The van der Waals surface area contributed by atoms with Gasteiger partial charge >= 0.3 is 6.18 Å². The number of aryl methyl sites for hydroxylation is 1. The molecule has 2 unspecified atom stereocenters. The average molecular weight is 500 g/mol. The maximum absolute atomic E-state index is 14.3. The molecule has 6 nitrogen and oxygen atoms in total. The Kier molecular flexibility index (Phi) is 5.50. The van der Waals surface area contributed by atoms with E-state index in [9.17, 15) is 32.9 Å². The number of aromatic nitrogens is 2. The molecule has 0 bridgehead atoms. The zero-order valence-electron chi connectivity index (χ0n) is 18.4. The molecular formula is C23H22ClF4N3O3. The van der Waals surface area contributed by atoms with Crippen molar-refractivity contribution in [3.8, 4) is 5.75 Å². The van der Waals surface area contributed by atoms with Crippen LogP contribution in [0.1, 0.15) is 37.2 Å². The van der Waals surface area contributed by atoms with Crippen LogP contribution in [0.25, 0.3) is 10.9 Å². The maximum Gasteiger partial charge on any atom is 0.420 e. The van der Waals surface area contributed by atoms with Crippen LogP contribution in [0.5, 0.6) is 5.75 Å². The van der Waals surface area contributed by atoms with E-state index >= 15 is 0 Å². The Balaban J connectivity index is 1.90. The highest BCUT2D eigenvalue weighted by atomic mass is 35.5. The molecule has 2 aromatic carbocycles. The first-order chi connectivity index (χ1) is 15.6. The summed E-state index contributed by atoms with van der Waals surface area (Å²) in [5.74, 6) is -0.822.